The summed E-state index contributed by atoms with van der Waals surface area (Å²) >= 11 is 6.91. The van der Waals surface area contributed by atoms with E-state index in [4.69, 9.17) is 15.2 Å². The second kappa shape index (κ2) is 6.75. The zero-order chi connectivity index (χ0) is 13.0. The fourth-order valence-electron chi connectivity index (χ4n) is 1.82. The molecule has 1 aliphatic rings. The van der Waals surface area contributed by atoms with Crippen molar-refractivity contribution in [2.24, 2.45) is 0 Å². The number of hydrogen-bond donors (Lipinski definition) is 1. The van der Waals surface area contributed by atoms with E-state index in [2.05, 4.69) is 36.8 Å². The average molecular weight is 380 g/mol. The minimum atomic E-state index is 0.654. The predicted octanol–water partition coefficient (Wildman–Crippen LogP) is 2.50. The largest absolute Gasteiger partial charge is 0.490 e. The quantitative estimate of drug-likeness (QED) is 0.816. The van der Waals surface area contributed by atoms with Crippen LogP contribution in [0.25, 0.3) is 0 Å². The van der Waals surface area contributed by atoms with Crippen molar-refractivity contribution in [1.29, 1.82) is 0 Å². The lowest BCUT2D eigenvalue weighted by molar-refractivity contribution is 0.0322. The summed E-state index contributed by atoms with van der Waals surface area (Å²) in [6.07, 6.45) is 0. The molecule has 0 amide bonds. The van der Waals surface area contributed by atoms with Crippen LogP contribution in [0.4, 0.5) is 5.69 Å². The maximum Gasteiger partial charge on any atom is 0.147 e. The summed E-state index contributed by atoms with van der Waals surface area (Å²) in [4.78, 5) is 2.34. The van der Waals surface area contributed by atoms with E-state index in [1.165, 1.54) is 0 Å². The van der Waals surface area contributed by atoms with Gasteiger partial charge in [0.05, 0.1) is 22.2 Å². The monoisotopic (exact) mass is 378 g/mol. The number of nitrogens with zero attached hydrogens (tertiary/aromatic N) is 1. The third-order valence-electron chi connectivity index (χ3n) is 2.78. The first-order valence-electron chi connectivity index (χ1n) is 5.84. The van der Waals surface area contributed by atoms with Gasteiger partial charge < -0.3 is 15.2 Å². The van der Waals surface area contributed by atoms with E-state index >= 15 is 0 Å². The topological polar surface area (TPSA) is 47.7 Å². The molecule has 0 saturated carbocycles. The van der Waals surface area contributed by atoms with Gasteiger partial charge in [0.15, 0.2) is 0 Å². The summed E-state index contributed by atoms with van der Waals surface area (Å²) in [5, 5.41) is 0. The van der Waals surface area contributed by atoms with Gasteiger partial charge in [-0.3, -0.25) is 4.90 Å². The molecule has 1 saturated heterocycles. The average Bonchev–Trinajstić information content (AvgIpc) is 2.34. The molecule has 0 aliphatic carbocycles. The van der Waals surface area contributed by atoms with Crippen molar-refractivity contribution in [2.45, 2.75) is 0 Å². The number of anilines is 1. The second-order valence-electron chi connectivity index (χ2n) is 4.12. The normalized spacial score (nSPS) is 16.8. The first-order chi connectivity index (χ1) is 8.66. The van der Waals surface area contributed by atoms with Crippen LogP contribution in [-0.4, -0.2) is 44.4 Å². The number of ether oxygens (including phenoxy) is 2. The predicted molar refractivity (Wildman–Crippen MR) is 79.0 cm³/mol. The van der Waals surface area contributed by atoms with E-state index in [-0.39, 0.29) is 0 Å². The summed E-state index contributed by atoms with van der Waals surface area (Å²) < 4.78 is 12.8. The van der Waals surface area contributed by atoms with Crippen LogP contribution in [0.1, 0.15) is 0 Å². The highest BCUT2D eigenvalue weighted by atomic mass is 79.9. The van der Waals surface area contributed by atoms with Crippen LogP contribution in [0.3, 0.4) is 0 Å². The Bertz CT molecular complexity index is 386. The maximum atomic E-state index is 5.79. The first kappa shape index (κ1) is 14.1. The van der Waals surface area contributed by atoms with E-state index < -0.39 is 0 Å². The van der Waals surface area contributed by atoms with E-state index in [1.807, 2.05) is 12.1 Å². The Morgan fingerprint density at radius 1 is 1.22 bits per heavy atom. The molecular weight excluding hydrogens is 364 g/mol. The molecular formula is C12H16Br2N2O2. The van der Waals surface area contributed by atoms with Gasteiger partial charge in [0.25, 0.3) is 0 Å². The van der Waals surface area contributed by atoms with Gasteiger partial charge in [-0.05, 0) is 44.0 Å². The molecule has 18 heavy (non-hydrogen) atoms. The van der Waals surface area contributed by atoms with Crippen molar-refractivity contribution in [3.05, 3.63) is 21.1 Å². The SMILES string of the molecule is Nc1cc(Br)c(OCCN2CCOCC2)c(Br)c1. The van der Waals surface area contributed by atoms with Crippen LogP contribution in [-0.2, 0) is 4.74 Å². The van der Waals surface area contributed by atoms with Gasteiger partial charge in [0.2, 0.25) is 0 Å². The molecule has 1 heterocycles. The summed E-state index contributed by atoms with van der Waals surface area (Å²) in [5.74, 6) is 0.803. The van der Waals surface area contributed by atoms with Crippen molar-refractivity contribution >= 4 is 37.5 Å². The second-order valence-corrected chi connectivity index (χ2v) is 5.82. The molecule has 4 nitrogen and oxygen atoms in total. The highest BCUT2D eigenvalue weighted by Crippen LogP contribution is 2.35. The Morgan fingerprint density at radius 3 is 2.44 bits per heavy atom. The minimum Gasteiger partial charge on any atom is -0.490 e. The molecule has 100 valence electrons. The van der Waals surface area contributed by atoms with Crippen molar-refractivity contribution in [3.8, 4) is 5.75 Å². The number of rotatable bonds is 4. The molecule has 0 unspecified atom stereocenters. The van der Waals surface area contributed by atoms with Gasteiger partial charge >= 0.3 is 0 Å². The molecule has 0 aromatic heterocycles. The first-order valence-corrected chi connectivity index (χ1v) is 7.43. The van der Waals surface area contributed by atoms with E-state index in [0.717, 1.165) is 47.5 Å². The zero-order valence-electron chi connectivity index (χ0n) is 9.99. The molecule has 0 radical (unpaired) electrons. The van der Waals surface area contributed by atoms with Gasteiger partial charge in [-0.2, -0.15) is 0 Å². The number of benzene rings is 1. The Balaban J connectivity index is 1.86. The van der Waals surface area contributed by atoms with E-state index in [1.54, 1.807) is 0 Å². The summed E-state index contributed by atoms with van der Waals surface area (Å²) in [6.45, 7) is 5.15. The van der Waals surface area contributed by atoms with E-state index in [0.29, 0.717) is 12.3 Å². The summed E-state index contributed by atoms with van der Waals surface area (Å²) in [7, 11) is 0. The number of morpholine rings is 1. The molecule has 0 spiro atoms. The standard InChI is InChI=1S/C12H16Br2N2O2/c13-10-7-9(15)8-11(14)12(10)18-6-3-16-1-4-17-5-2-16/h7-8H,1-6,15H2. The fourth-order valence-corrected chi connectivity index (χ4v) is 3.27. The van der Waals surface area contributed by atoms with Crippen molar-refractivity contribution in [3.63, 3.8) is 0 Å². The number of hydrogen-bond acceptors (Lipinski definition) is 4. The molecule has 2 rings (SSSR count). The van der Waals surface area contributed by atoms with Gasteiger partial charge in [0, 0.05) is 25.3 Å². The van der Waals surface area contributed by atoms with Gasteiger partial charge in [0.1, 0.15) is 12.4 Å². The zero-order valence-corrected chi connectivity index (χ0v) is 13.2. The molecule has 1 fully saturated rings. The van der Waals surface area contributed by atoms with Crippen LogP contribution in [0, 0.1) is 0 Å². The molecule has 0 bridgehead atoms. The lowest BCUT2D eigenvalue weighted by atomic mass is 10.3. The van der Waals surface area contributed by atoms with Crippen LogP contribution in [0.2, 0.25) is 0 Å². The lowest BCUT2D eigenvalue weighted by Crippen LogP contribution is -2.38. The molecule has 6 heteroatoms. The molecule has 1 aromatic carbocycles. The van der Waals surface area contributed by atoms with Gasteiger partial charge in [-0.1, -0.05) is 0 Å². The van der Waals surface area contributed by atoms with Crippen LogP contribution >= 0.6 is 31.9 Å². The van der Waals surface area contributed by atoms with Crippen LogP contribution in [0.15, 0.2) is 21.1 Å². The molecule has 1 aliphatic heterocycles. The third-order valence-corrected chi connectivity index (χ3v) is 3.96. The summed E-state index contributed by atoms with van der Waals surface area (Å²) in [5.41, 5.74) is 6.44. The van der Waals surface area contributed by atoms with Gasteiger partial charge in [-0.15, -0.1) is 0 Å². The smallest absolute Gasteiger partial charge is 0.147 e. The Kier molecular flexibility index (Phi) is 5.29. The fraction of sp³-hybridized carbons (Fsp3) is 0.500. The van der Waals surface area contributed by atoms with Crippen LogP contribution < -0.4 is 10.5 Å². The summed E-state index contributed by atoms with van der Waals surface area (Å²) in [6, 6.07) is 3.68. The Labute approximate surface area is 124 Å². The number of halogens is 2. The van der Waals surface area contributed by atoms with Crippen molar-refractivity contribution < 1.29 is 9.47 Å². The lowest BCUT2D eigenvalue weighted by Gasteiger charge is -2.26. The Morgan fingerprint density at radius 2 is 1.83 bits per heavy atom. The highest BCUT2D eigenvalue weighted by molar-refractivity contribution is 9.11. The minimum absolute atomic E-state index is 0.654. The third kappa shape index (κ3) is 3.85. The maximum absolute atomic E-state index is 5.79. The molecule has 2 N–H and O–H groups in total. The van der Waals surface area contributed by atoms with E-state index in [9.17, 15) is 0 Å². The molecule has 1 aromatic rings. The highest BCUT2D eigenvalue weighted by Gasteiger charge is 2.12. The Hall–Kier alpha value is -0.300. The van der Waals surface area contributed by atoms with Crippen molar-refractivity contribution in [1.82, 2.24) is 4.90 Å². The van der Waals surface area contributed by atoms with Crippen LogP contribution in [0.5, 0.6) is 5.75 Å². The number of nitrogen functional groups attached to an aromatic ring is 1. The van der Waals surface area contributed by atoms with Gasteiger partial charge in [-0.25, -0.2) is 0 Å². The molecule has 0 atom stereocenters. The van der Waals surface area contributed by atoms with Crippen molar-refractivity contribution in [2.75, 3.05) is 45.2 Å². The number of nitrogens with two attached hydrogens (primary N) is 1.